The van der Waals surface area contributed by atoms with Crippen LogP contribution in [0.3, 0.4) is 0 Å². The van der Waals surface area contributed by atoms with E-state index in [0.29, 0.717) is 19.4 Å². The fraction of sp³-hybridized carbons (Fsp3) is 0.902. The summed E-state index contributed by atoms with van der Waals surface area (Å²) < 4.78 is 5.49. The summed E-state index contributed by atoms with van der Waals surface area (Å²) >= 11 is 0. The van der Waals surface area contributed by atoms with Crippen molar-refractivity contribution in [3.63, 3.8) is 0 Å². The van der Waals surface area contributed by atoms with Gasteiger partial charge < -0.3 is 20.3 Å². The normalized spacial score (nSPS) is 12.7. The topological polar surface area (TPSA) is 95.9 Å². The van der Waals surface area contributed by atoms with Crippen LogP contribution in [0.5, 0.6) is 0 Å². The van der Waals surface area contributed by atoms with Gasteiger partial charge in [-0.15, -0.1) is 0 Å². The van der Waals surface area contributed by atoms with Crippen molar-refractivity contribution in [2.45, 2.75) is 341 Å². The molecule has 0 heterocycles. The second kappa shape index (κ2) is 56.9. The highest BCUT2D eigenvalue weighted by Crippen LogP contribution is 2.17. The molecule has 0 aliphatic heterocycles. The molecule has 0 saturated carbocycles. The predicted octanol–water partition coefficient (Wildman–Crippen LogP) is 18.6. The van der Waals surface area contributed by atoms with E-state index < -0.39 is 12.1 Å². The molecule has 396 valence electrons. The van der Waals surface area contributed by atoms with E-state index in [1.54, 1.807) is 6.08 Å². The number of nitrogens with one attached hydrogen (secondary N) is 1. The summed E-state index contributed by atoms with van der Waals surface area (Å²) in [5.74, 6) is -0.0609. The summed E-state index contributed by atoms with van der Waals surface area (Å²) in [6.45, 7) is 4.90. The Kier molecular flexibility index (Phi) is 55.5. The Balaban J connectivity index is 3.37. The van der Waals surface area contributed by atoms with E-state index in [4.69, 9.17) is 4.74 Å². The van der Waals surface area contributed by atoms with Gasteiger partial charge in [0.1, 0.15) is 0 Å². The van der Waals surface area contributed by atoms with Gasteiger partial charge in [-0.05, 0) is 57.8 Å². The van der Waals surface area contributed by atoms with Crippen molar-refractivity contribution in [2.75, 3.05) is 13.2 Å². The second-order valence-electron chi connectivity index (χ2n) is 20.7. The SMILES string of the molecule is CCCCCCCCC/C=C\CCCCCCCCCC(=O)OCCCCCCCCCCCCCCCCCCCCCCCC(=O)NC(CO)C(O)/C=C/CCCCCCCCCCC. The maximum Gasteiger partial charge on any atom is 0.305 e. The molecule has 67 heavy (non-hydrogen) atoms. The molecular weight excluding hydrogens is 827 g/mol. The lowest BCUT2D eigenvalue weighted by Gasteiger charge is -2.20. The maximum atomic E-state index is 12.4. The highest BCUT2D eigenvalue weighted by Gasteiger charge is 2.18. The minimum Gasteiger partial charge on any atom is -0.466 e. The molecule has 0 spiro atoms. The molecule has 3 N–H and O–H groups in total. The Hall–Kier alpha value is -1.66. The van der Waals surface area contributed by atoms with Crippen LogP contribution < -0.4 is 5.32 Å². The Morgan fingerprint density at radius 1 is 0.403 bits per heavy atom. The third-order valence-corrected chi connectivity index (χ3v) is 14.0. The van der Waals surface area contributed by atoms with Gasteiger partial charge in [-0.25, -0.2) is 0 Å². The van der Waals surface area contributed by atoms with E-state index in [-0.39, 0.29) is 18.5 Å². The molecule has 0 saturated heterocycles. The molecule has 0 bridgehead atoms. The third-order valence-electron chi connectivity index (χ3n) is 14.0. The minimum atomic E-state index is -0.843. The van der Waals surface area contributed by atoms with Crippen LogP contribution in [-0.2, 0) is 14.3 Å². The highest BCUT2D eigenvalue weighted by atomic mass is 16.5. The Bertz CT molecular complexity index is 1040. The van der Waals surface area contributed by atoms with Crippen LogP contribution in [0.4, 0.5) is 0 Å². The van der Waals surface area contributed by atoms with Crippen molar-refractivity contribution >= 4 is 11.9 Å². The molecule has 0 fully saturated rings. The lowest BCUT2D eigenvalue weighted by Crippen LogP contribution is -2.45. The quantitative estimate of drug-likeness (QED) is 0.0321. The van der Waals surface area contributed by atoms with Crippen molar-refractivity contribution in [1.82, 2.24) is 5.32 Å². The van der Waals surface area contributed by atoms with Crippen LogP contribution in [-0.4, -0.2) is 47.4 Å². The third kappa shape index (κ3) is 53.5. The summed E-state index contributed by atoms with van der Waals surface area (Å²) in [6.07, 6.45) is 69.3. The summed E-state index contributed by atoms with van der Waals surface area (Å²) in [4.78, 5) is 24.5. The van der Waals surface area contributed by atoms with Gasteiger partial charge in [-0.1, -0.05) is 282 Å². The van der Waals surface area contributed by atoms with E-state index in [1.165, 1.54) is 257 Å². The first-order valence-electron chi connectivity index (χ1n) is 30.1. The monoisotopic (exact) mass is 944 g/mol. The zero-order valence-corrected chi connectivity index (χ0v) is 45.1. The van der Waals surface area contributed by atoms with Crippen molar-refractivity contribution in [3.05, 3.63) is 24.3 Å². The summed E-state index contributed by atoms with van der Waals surface area (Å²) in [5.41, 5.74) is 0. The van der Waals surface area contributed by atoms with Crippen molar-refractivity contribution < 1.29 is 24.5 Å². The highest BCUT2D eigenvalue weighted by molar-refractivity contribution is 5.76. The fourth-order valence-electron chi connectivity index (χ4n) is 9.34. The van der Waals surface area contributed by atoms with Crippen LogP contribution in [0, 0.1) is 0 Å². The Labute approximate surface area is 418 Å². The van der Waals surface area contributed by atoms with Gasteiger partial charge in [-0.3, -0.25) is 9.59 Å². The van der Waals surface area contributed by atoms with E-state index in [9.17, 15) is 19.8 Å². The summed E-state index contributed by atoms with van der Waals surface area (Å²) in [5, 5.41) is 23.0. The smallest absolute Gasteiger partial charge is 0.305 e. The zero-order chi connectivity index (χ0) is 48.6. The number of amides is 1. The molecule has 2 atom stereocenters. The molecule has 0 aromatic carbocycles. The van der Waals surface area contributed by atoms with E-state index >= 15 is 0 Å². The second-order valence-corrected chi connectivity index (χ2v) is 20.7. The number of unbranched alkanes of at least 4 members (excludes halogenated alkanes) is 43. The molecule has 0 aromatic rings. The van der Waals surface area contributed by atoms with Crippen LogP contribution in [0.1, 0.15) is 328 Å². The molecule has 0 aromatic heterocycles. The van der Waals surface area contributed by atoms with E-state index in [1.807, 2.05) is 6.08 Å². The number of carbonyl (C=O) groups excluding carboxylic acids is 2. The van der Waals surface area contributed by atoms with Crippen LogP contribution in [0.2, 0.25) is 0 Å². The van der Waals surface area contributed by atoms with Gasteiger partial charge in [0.05, 0.1) is 25.4 Å². The standard InChI is InChI=1S/C61H117NO5/c1-3-5-7-9-11-13-15-16-17-18-25-28-31-35-39-43-47-51-55-61(66)67-56-52-48-44-40-36-32-29-26-23-21-19-20-22-24-27-30-34-38-42-46-50-54-60(65)62-58(57-63)59(64)53-49-45-41-37-33-14-12-10-8-6-4-2/h17-18,49,53,58-59,63-64H,3-16,19-48,50-52,54-57H2,1-2H3,(H,62,65)/b18-17-,53-49+. The van der Waals surface area contributed by atoms with Gasteiger partial charge >= 0.3 is 5.97 Å². The number of rotatable bonds is 56. The molecular formula is C61H117NO5. The van der Waals surface area contributed by atoms with Gasteiger partial charge in [0.2, 0.25) is 5.91 Å². The number of ether oxygens (including phenoxy) is 1. The first-order valence-corrected chi connectivity index (χ1v) is 30.1. The molecule has 0 aliphatic carbocycles. The van der Waals surface area contributed by atoms with Gasteiger partial charge in [0.25, 0.3) is 0 Å². The number of allylic oxidation sites excluding steroid dienone is 3. The largest absolute Gasteiger partial charge is 0.466 e. The van der Waals surface area contributed by atoms with Crippen molar-refractivity contribution in [1.29, 1.82) is 0 Å². The average molecular weight is 945 g/mol. The summed E-state index contributed by atoms with van der Waals surface area (Å²) in [6, 6.07) is -0.627. The number of hydrogen-bond donors (Lipinski definition) is 3. The lowest BCUT2D eigenvalue weighted by molar-refractivity contribution is -0.143. The number of esters is 1. The molecule has 0 aliphatic rings. The number of hydrogen-bond acceptors (Lipinski definition) is 5. The van der Waals surface area contributed by atoms with Gasteiger partial charge in [0, 0.05) is 12.8 Å². The molecule has 2 unspecified atom stereocenters. The fourth-order valence-corrected chi connectivity index (χ4v) is 9.34. The summed E-state index contributed by atoms with van der Waals surface area (Å²) in [7, 11) is 0. The van der Waals surface area contributed by atoms with Gasteiger partial charge in [0.15, 0.2) is 0 Å². The number of aliphatic hydroxyl groups excluding tert-OH is 2. The molecule has 1 amide bonds. The molecule has 6 nitrogen and oxygen atoms in total. The van der Waals surface area contributed by atoms with E-state index in [0.717, 1.165) is 44.9 Å². The van der Waals surface area contributed by atoms with Crippen LogP contribution >= 0.6 is 0 Å². The lowest BCUT2D eigenvalue weighted by atomic mass is 10.0. The van der Waals surface area contributed by atoms with Crippen LogP contribution in [0.25, 0.3) is 0 Å². The number of carbonyl (C=O) groups is 2. The first kappa shape index (κ1) is 65.3. The molecule has 0 radical (unpaired) electrons. The zero-order valence-electron chi connectivity index (χ0n) is 45.1. The van der Waals surface area contributed by atoms with Gasteiger partial charge in [-0.2, -0.15) is 0 Å². The van der Waals surface area contributed by atoms with E-state index in [2.05, 4.69) is 31.3 Å². The minimum absolute atomic E-state index is 0.00859. The Morgan fingerprint density at radius 2 is 0.701 bits per heavy atom. The maximum absolute atomic E-state index is 12.4. The van der Waals surface area contributed by atoms with Crippen molar-refractivity contribution in [3.8, 4) is 0 Å². The van der Waals surface area contributed by atoms with Crippen molar-refractivity contribution in [2.24, 2.45) is 0 Å². The predicted molar refractivity (Wildman–Crippen MR) is 292 cm³/mol. The average Bonchev–Trinajstić information content (AvgIpc) is 3.33. The molecule has 0 rings (SSSR count). The molecule has 6 heteroatoms. The first-order chi connectivity index (χ1) is 33.0. The Morgan fingerprint density at radius 3 is 1.06 bits per heavy atom. The van der Waals surface area contributed by atoms with Crippen LogP contribution in [0.15, 0.2) is 24.3 Å². The number of aliphatic hydroxyl groups is 2.